The molecule has 6 aromatic heterocycles. The van der Waals surface area contributed by atoms with Crippen LogP contribution < -0.4 is 82.0 Å². The van der Waals surface area contributed by atoms with E-state index >= 15 is 0 Å². The van der Waals surface area contributed by atoms with E-state index in [-0.39, 0.29) is 140 Å². The van der Waals surface area contributed by atoms with Gasteiger partial charge in [-0.25, -0.2) is 66.5 Å². The Morgan fingerprint density at radius 1 is 0.364 bits per heavy atom. The van der Waals surface area contributed by atoms with Crippen LogP contribution in [0.5, 0.6) is 57.5 Å². The molecule has 13 rings (SSSR count). The second kappa shape index (κ2) is 45.1. The monoisotopic (exact) mass is 1960 g/mol. The van der Waals surface area contributed by atoms with E-state index in [0.29, 0.717) is 79.5 Å². The van der Waals surface area contributed by atoms with Crippen molar-refractivity contribution < 1.29 is 167 Å². The van der Waals surface area contributed by atoms with Gasteiger partial charge in [-0.3, -0.25) is 32.1 Å². The molecule has 0 aliphatic rings. The summed E-state index contributed by atoms with van der Waals surface area (Å²) in [5.41, 5.74) is 7.53. The van der Waals surface area contributed by atoms with Gasteiger partial charge in [-0.15, -0.1) is 0 Å². The molecule has 3 atom stereocenters. The number of carboxylic acids is 2. The Hall–Kier alpha value is -12.5. The van der Waals surface area contributed by atoms with Crippen molar-refractivity contribution in [2.75, 3.05) is 83.3 Å². The van der Waals surface area contributed by atoms with Crippen LogP contribution in [0.25, 0.3) is 33.1 Å². The first-order chi connectivity index (χ1) is 62.1. The van der Waals surface area contributed by atoms with Crippen LogP contribution in [0, 0.1) is 41.5 Å². The van der Waals surface area contributed by atoms with Crippen LogP contribution in [-0.2, 0) is 118 Å². The molecular formula is C85H86N9NaO30S7. The Morgan fingerprint density at radius 3 is 0.848 bits per heavy atom. The molecule has 0 fully saturated rings. The van der Waals surface area contributed by atoms with Crippen molar-refractivity contribution in [3.05, 3.63) is 221 Å². The number of carbonyl (C=O) groups excluding carboxylic acids is 3. The molecule has 0 radical (unpaired) electrons. The zero-order valence-corrected chi connectivity index (χ0v) is 81.0. The zero-order chi connectivity index (χ0) is 95.7. The molecule has 132 heavy (non-hydrogen) atoms. The molecule has 13 aromatic rings. The third-order valence-electron chi connectivity index (χ3n) is 19.1. The van der Waals surface area contributed by atoms with Crippen LogP contribution in [0.15, 0.2) is 205 Å². The van der Waals surface area contributed by atoms with Gasteiger partial charge in [0, 0.05) is 70.2 Å². The molecule has 47 heteroatoms. The Labute approximate surface area is 787 Å². The van der Waals surface area contributed by atoms with E-state index in [2.05, 4.69) is 39.4 Å². The average molecular weight is 1960 g/mol. The molecule has 0 aliphatic carbocycles. The number of carbonyl (C=O) groups is 4. The van der Waals surface area contributed by atoms with Crippen molar-refractivity contribution in [2.45, 2.75) is 93.9 Å². The van der Waals surface area contributed by atoms with Gasteiger partial charge in [0.15, 0.2) is 19.8 Å². The van der Waals surface area contributed by atoms with Crippen molar-refractivity contribution in [1.82, 2.24) is 41.8 Å². The van der Waals surface area contributed by atoms with Gasteiger partial charge < -0.3 is 71.8 Å². The molecule has 39 nitrogen and oxygen atoms in total. The maximum Gasteiger partial charge on any atom is 1.00 e. The number of aliphatic carboxylic acids is 2. The quantitative estimate of drug-likeness (QED) is 0.0287. The molecule has 0 saturated carbocycles. The van der Waals surface area contributed by atoms with Crippen LogP contribution >= 0.6 is 0 Å². The van der Waals surface area contributed by atoms with Gasteiger partial charge in [-0.05, 0) is 175 Å². The predicted molar refractivity (Wildman–Crippen MR) is 472 cm³/mol. The number of aryl methyl sites for hydroxylation is 3. The maximum absolute atomic E-state index is 13.9. The summed E-state index contributed by atoms with van der Waals surface area (Å²) in [5, 5.41) is 18.9. The number of fused-ring (bicyclic) bond motifs is 3. The smallest absolute Gasteiger partial charge is 0.546 e. The molecule has 2 N–H and O–H groups in total. The van der Waals surface area contributed by atoms with Gasteiger partial charge in [0.2, 0.25) is 15.5 Å². The van der Waals surface area contributed by atoms with E-state index in [9.17, 15) is 70.6 Å². The predicted octanol–water partition coefficient (Wildman–Crippen LogP) is 5.46. The Bertz CT molecular complexity index is 6780. The molecule has 0 amide bonds. The van der Waals surface area contributed by atoms with Crippen LogP contribution in [0.2, 0.25) is 0 Å². The van der Waals surface area contributed by atoms with E-state index in [1.54, 1.807) is 88.9 Å². The van der Waals surface area contributed by atoms with E-state index in [1.807, 2.05) is 20.8 Å². The summed E-state index contributed by atoms with van der Waals surface area (Å²) in [7, 11) is -11.3. The standard InChI is InChI=1S/C26H27N3O8S2.2C25H25N3O8S2.C9H10O6S.Na/c1-16-13-27-22(17(2)25(16)36-5)15-38(31)26-28-21-12-19(34-3)8-11-23(21)29(26)39(32,33)20-9-6-18(7-10-20)37-14-24(30)35-4;2*1-15-12-26-21(16(2)24(15)35-4)14-37(31)25-27-20-11-18(34-3)7-10-22(20)28(25)38(32,33)19-8-5-17(6-9-19)36-13-23(29)30;1-14-9(10)6-15-7-2-4-8(5-3-7)16(11,12)13;/h6-13H,14-15H2,1-5H3;2*5-12H,13-14H2,1-4H3,(H,29,30);2-5H,6H2,1H3,(H,11,12,13);/q;;;;+1/p-1. The molecule has 7 aromatic carbocycles. The van der Waals surface area contributed by atoms with Crippen LogP contribution in [-0.4, -0.2) is 205 Å². The van der Waals surface area contributed by atoms with Gasteiger partial charge in [0.1, 0.15) is 64.1 Å². The van der Waals surface area contributed by atoms with Gasteiger partial charge in [0.25, 0.3) is 40.2 Å². The third kappa shape index (κ3) is 24.4. The number of nitrogens with zero attached hydrogens (tertiary/aromatic N) is 9. The molecule has 0 saturated heterocycles. The van der Waals surface area contributed by atoms with E-state index in [0.717, 1.165) is 28.6 Å². The number of ether oxygens (including phenoxy) is 12. The number of benzene rings is 7. The number of hydrogen-bond donors (Lipinski definition) is 2. The molecule has 0 aliphatic heterocycles. The Kier molecular flexibility index (Phi) is 35.2. The second-order valence-corrected chi connectivity index (χ2v) is 38.4. The molecule has 3 unspecified atom stereocenters. The number of hydrogen-bond acceptors (Lipinski definition) is 34. The largest absolute Gasteiger partial charge is 1.00 e. The molecular weight excluding hydrogens is 1870 g/mol. The molecule has 6 heterocycles. The average Bonchev–Trinajstić information content (AvgIpc) is 1.60. The normalized spacial score (nSPS) is 12.0. The fraction of sp³-hybridized carbons (Fsp3) is 0.247. The number of imidazole rings is 3. The first-order valence-corrected chi connectivity index (χ1v) is 47.9. The van der Waals surface area contributed by atoms with Crippen LogP contribution in [0.3, 0.4) is 0 Å². The van der Waals surface area contributed by atoms with Gasteiger partial charge in [-0.2, -0.15) is 8.42 Å². The summed E-state index contributed by atoms with van der Waals surface area (Å²) in [5.74, 6) is 0.157. The number of carboxylic acid groups (broad SMARTS) is 2. The summed E-state index contributed by atoms with van der Waals surface area (Å²) in [6, 6.07) is 35.0. The van der Waals surface area contributed by atoms with Crippen molar-refractivity contribution in [3.63, 3.8) is 0 Å². The maximum atomic E-state index is 13.9. The van der Waals surface area contributed by atoms with Gasteiger partial charge >= 0.3 is 47.5 Å². The molecule has 0 bridgehead atoms. The Morgan fingerprint density at radius 2 is 0.614 bits per heavy atom. The SMILES string of the molecule is COC(=O)COc1ccc(S(=O)(=O)O)cc1.COC(=O)COc1ccc(S(=O)(=O)n2c(S(=O)Cc3ncc(C)c(OC)c3C)nc3cc(OC)ccc32)cc1.COc1ccc2c(c1)nc(S(=O)Cc1ncc(C)c(OC)c1C)n2S(=O)(=O)c1ccc(OCC(=O)O)cc1.COc1ccc2c(c1)nc(S(=O)Cc1ncc(C)c(OC)c1C)n2S(=O)(=O)c1ccc(OCC(=O)[O-])cc1.[Na+]. The fourth-order valence-electron chi connectivity index (χ4n) is 12.6. The second-order valence-electron chi connectivity index (χ2n) is 27.6. The number of rotatable bonds is 34. The fourth-order valence-corrected chi connectivity index (χ4v) is 22.2. The minimum atomic E-state index is -4.30. The minimum absolute atomic E-state index is 0. The first-order valence-electron chi connectivity index (χ1n) is 38.2. The van der Waals surface area contributed by atoms with Gasteiger partial charge in [0.05, 0.1) is 182 Å². The summed E-state index contributed by atoms with van der Waals surface area (Å²) in [4.78, 5) is 69.3. The summed E-state index contributed by atoms with van der Waals surface area (Å²) < 4.78 is 218. The molecule has 0 spiro atoms. The van der Waals surface area contributed by atoms with Crippen molar-refractivity contribution in [3.8, 4) is 57.5 Å². The van der Waals surface area contributed by atoms with Crippen molar-refractivity contribution in [2.24, 2.45) is 0 Å². The van der Waals surface area contributed by atoms with Gasteiger partial charge in [-0.1, -0.05) is 0 Å². The van der Waals surface area contributed by atoms with Crippen molar-refractivity contribution >= 4 is 130 Å². The Balaban J connectivity index is 0.000000205. The summed E-state index contributed by atoms with van der Waals surface area (Å²) in [6.07, 6.45) is 4.83. The molecule has 694 valence electrons. The summed E-state index contributed by atoms with van der Waals surface area (Å²) >= 11 is 0. The third-order valence-corrected chi connectivity index (χ3v) is 29.2. The van der Waals surface area contributed by atoms with E-state index in [4.69, 9.17) is 57.0 Å². The van der Waals surface area contributed by atoms with Crippen LogP contribution in [0.4, 0.5) is 0 Å². The topological polar surface area (TPSA) is 522 Å². The zero-order valence-electron chi connectivity index (χ0n) is 73.3. The number of pyridine rings is 3. The summed E-state index contributed by atoms with van der Waals surface area (Å²) in [6.45, 7) is 9.10. The van der Waals surface area contributed by atoms with E-state index in [1.165, 1.54) is 159 Å². The van der Waals surface area contributed by atoms with Crippen molar-refractivity contribution in [1.29, 1.82) is 0 Å². The van der Waals surface area contributed by atoms with E-state index < -0.39 is 110 Å². The van der Waals surface area contributed by atoms with Crippen LogP contribution in [0.1, 0.15) is 50.5 Å². The minimum Gasteiger partial charge on any atom is -0.546 e. The number of methoxy groups -OCH3 is 8. The number of esters is 2. The number of aromatic nitrogens is 9. The first kappa shape index (κ1) is 103.